The number of piperidine rings is 1. The van der Waals surface area contributed by atoms with E-state index >= 15 is 0 Å². The van der Waals surface area contributed by atoms with E-state index in [0.29, 0.717) is 51.0 Å². The molecule has 8 nitrogen and oxygen atoms in total. The van der Waals surface area contributed by atoms with Crippen LogP contribution < -0.4 is 5.48 Å². The Morgan fingerprint density at radius 3 is 2.38 bits per heavy atom. The van der Waals surface area contributed by atoms with Crippen LogP contribution in [-0.4, -0.2) is 57.7 Å². The van der Waals surface area contributed by atoms with Gasteiger partial charge in [0.1, 0.15) is 0 Å². The summed E-state index contributed by atoms with van der Waals surface area (Å²) in [5.41, 5.74) is 3.46. The third-order valence-corrected chi connectivity index (χ3v) is 5.52. The molecule has 0 bridgehead atoms. The molecule has 0 saturated carbocycles. The molecule has 3 amide bonds. The van der Waals surface area contributed by atoms with Crippen molar-refractivity contribution in [2.75, 3.05) is 19.6 Å². The van der Waals surface area contributed by atoms with Crippen molar-refractivity contribution in [2.45, 2.75) is 32.7 Å². The summed E-state index contributed by atoms with van der Waals surface area (Å²) in [4.78, 5) is 38.8. The van der Waals surface area contributed by atoms with E-state index in [1.165, 1.54) is 4.90 Å². The van der Waals surface area contributed by atoms with Crippen LogP contribution in [0.2, 0.25) is 0 Å². The highest BCUT2D eigenvalue weighted by atomic mass is 16.5. The molecular formula is C18H23N3O5. The number of hydrogen-bond donors (Lipinski definition) is 3. The van der Waals surface area contributed by atoms with Crippen molar-refractivity contribution in [1.82, 2.24) is 15.3 Å². The fraction of sp³-hybridized carbons (Fsp3) is 0.500. The molecule has 2 aliphatic heterocycles. The Balaban J connectivity index is 1.69. The van der Waals surface area contributed by atoms with E-state index < -0.39 is 17.4 Å². The van der Waals surface area contributed by atoms with Crippen LogP contribution in [0.3, 0.4) is 0 Å². The minimum atomic E-state index is -0.936. The molecule has 140 valence electrons. The Morgan fingerprint density at radius 1 is 1.08 bits per heavy atom. The van der Waals surface area contributed by atoms with Gasteiger partial charge in [-0.05, 0) is 42.5 Å². The summed E-state index contributed by atoms with van der Waals surface area (Å²) in [7, 11) is 0. The maximum atomic E-state index is 13.0. The van der Waals surface area contributed by atoms with E-state index in [9.17, 15) is 14.4 Å². The van der Waals surface area contributed by atoms with Gasteiger partial charge in [0.05, 0.1) is 0 Å². The number of hydrogen-bond acceptors (Lipinski definition) is 4. The Bertz CT molecular complexity index is 740. The minimum Gasteiger partial charge on any atom is -0.465 e. The largest absolute Gasteiger partial charge is 0.465 e. The van der Waals surface area contributed by atoms with E-state index in [-0.39, 0.29) is 5.91 Å². The van der Waals surface area contributed by atoms with Crippen molar-refractivity contribution in [3.63, 3.8) is 0 Å². The van der Waals surface area contributed by atoms with Gasteiger partial charge in [-0.25, -0.2) is 10.3 Å². The smallest absolute Gasteiger partial charge is 0.407 e. The fourth-order valence-electron chi connectivity index (χ4n) is 3.72. The van der Waals surface area contributed by atoms with Crippen LogP contribution in [0, 0.1) is 5.41 Å². The first-order chi connectivity index (χ1) is 12.3. The number of rotatable bonds is 2. The first-order valence-electron chi connectivity index (χ1n) is 8.67. The van der Waals surface area contributed by atoms with Gasteiger partial charge in [0.15, 0.2) is 0 Å². The maximum absolute atomic E-state index is 13.0. The van der Waals surface area contributed by atoms with E-state index in [1.54, 1.807) is 17.6 Å². The maximum Gasteiger partial charge on any atom is 0.407 e. The van der Waals surface area contributed by atoms with Gasteiger partial charge in [-0.1, -0.05) is 13.0 Å². The van der Waals surface area contributed by atoms with Gasteiger partial charge in [0.2, 0.25) is 5.91 Å². The quantitative estimate of drug-likeness (QED) is 0.546. The molecule has 0 atom stereocenters. The van der Waals surface area contributed by atoms with Crippen molar-refractivity contribution in [3.8, 4) is 0 Å². The second-order valence-corrected chi connectivity index (χ2v) is 7.23. The number of likely N-dealkylation sites (tertiary alicyclic amines) is 1. The SMILES string of the molecule is CC1(C(=O)N2CCc3cc(C(=O)NO)ccc3C2)CCN(C(=O)O)CC1. The van der Waals surface area contributed by atoms with Crippen molar-refractivity contribution in [3.05, 3.63) is 34.9 Å². The van der Waals surface area contributed by atoms with E-state index in [2.05, 4.69) is 0 Å². The van der Waals surface area contributed by atoms with Crippen LogP contribution in [-0.2, 0) is 17.8 Å². The molecule has 0 unspecified atom stereocenters. The molecule has 0 radical (unpaired) electrons. The van der Waals surface area contributed by atoms with Crippen LogP contribution >= 0.6 is 0 Å². The van der Waals surface area contributed by atoms with Gasteiger partial charge in [0.25, 0.3) is 5.91 Å². The fourth-order valence-corrected chi connectivity index (χ4v) is 3.72. The third kappa shape index (κ3) is 3.37. The average molecular weight is 361 g/mol. The molecule has 26 heavy (non-hydrogen) atoms. The number of carbonyl (C=O) groups is 3. The lowest BCUT2D eigenvalue weighted by Gasteiger charge is -2.41. The molecule has 1 saturated heterocycles. The highest BCUT2D eigenvalue weighted by Crippen LogP contribution is 2.34. The lowest BCUT2D eigenvalue weighted by molar-refractivity contribution is -0.144. The number of amides is 3. The molecule has 0 aliphatic carbocycles. The molecular weight excluding hydrogens is 338 g/mol. The van der Waals surface area contributed by atoms with Crippen LogP contribution in [0.5, 0.6) is 0 Å². The Morgan fingerprint density at radius 2 is 1.77 bits per heavy atom. The molecule has 0 spiro atoms. The molecule has 3 rings (SSSR count). The first-order valence-corrected chi connectivity index (χ1v) is 8.67. The first kappa shape index (κ1) is 18.2. The molecule has 0 aromatic heterocycles. The summed E-state index contributed by atoms with van der Waals surface area (Å²) < 4.78 is 0. The van der Waals surface area contributed by atoms with Gasteiger partial charge in [-0.15, -0.1) is 0 Å². The number of nitrogens with one attached hydrogen (secondary N) is 1. The average Bonchev–Trinajstić information content (AvgIpc) is 2.66. The molecule has 1 fully saturated rings. The van der Waals surface area contributed by atoms with Crippen molar-refractivity contribution >= 4 is 17.9 Å². The molecule has 1 aromatic rings. The summed E-state index contributed by atoms with van der Waals surface area (Å²) >= 11 is 0. The third-order valence-electron chi connectivity index (χ3n) is 5.52. The second kappa shape index (κ2) is 6.95. The van der Waals surface area contributed by atoms with Crippen molar-refractivity contribution in [2.24, 2.45) is 5.41 Å². The highest BCUT2D eigenvalue weighted by Gasteiger charge is 2.41. The van der Waals surface area contributed by atoms with Gasteiger partial charge in [-0.2, -0.15) is 0 Å². The van der Waals surface area contributed by atoms with E-state index in [4.69, 9.17) is 10.3 Å². The number of carbonyl (C=O) groups excluding carboxylic acids is 2. The Kier molecular flexibility index (Phi) is 4.86. The van der Waals surface area contributed by atoms with Crippen LogP contribution in [0.15, 0.2) is 18.2 Å². The van der Waals surface area contributed by atoms with Crippen molar-refractivity contribution in [1.29, 1.82) is 0 Å². The number of benzene rings is 1. The predicted octanol–water partition coefficient (Wildman–Crippen LogP) is 1.47. The van der Waals surface area contributed by atoms with E-state index in [0.717, 1.165) is 11.1 Å². The number of carboxylic acid groups (broad SMARTS) is 1. The molecule has 3 N–H and O–H groups in total. The number of nitrogens with zero attached hydrogens (tertiary/aromatic N) is 2. The summed E-state index contributed by atoms with van der Waals surface area (Å²) in [6, 6.07) is 5.19. The van der Waals surface area contributed by atoms with Crippen LogP contribution in [0.1, 0.15) is 41.3 Å². The lowest BCUT2D eigenvalue weighted by Crippen LogP contribution is -2.50. The lowest BCUT2D eigenvalue weighted by atomic mass is 9.78. The zero-order valence-corrected chi connectivity index (χ0v) is 14.7. The molecule has 2 aliphatic rings. The summed E-state index contributed by atoms with van der Waals surface area (Å²) in [5.74, 6) is -0.491. The van der Waals surface area contributed by atoms with Gasteiger partial charge in [-0.3, -0.25) is 14.8 Å². The Hall–Kier alpha value is -2.61. The zero-order valence-electron chi connectivity index (χ0n) is 14.7. The van der Waals surface area contributed by atoms with E-state index in [1.807, 2.05) is 17.9 Å². The van der Waals surface area contributed by atoms with Crippen molar-refractivity contribution < 1.29 is 24.7 Å². The second-order valence-electron chi connectivity index (χ2n) is 7.23. The number of hydroxylamine groups is 1. The predicted molar refractivity (Wildman–Crippen MR) is 91.8 cm³/mol. The summed E-state index contributed by atoms with van der Waals surface area (Å²) in [5, 5.41) is 17.8. The van der Waals surface area contributed by atoms with Gasteiger partial charge < -0.3 is 14.9 Å². The van der Waals surface area contributed by atoms with Gasteiger partial charge in [0, 0.05) is 37.2 Å². The minimum absolute atomic E-state index is 0.0605. The number of fused-ring (bicyclic) bond motifs is 1. The van der Waals surface area contributed by atoms with Crippen LogP contribution in [0.4, 0.5) is 4.79 Å². The summed E-state index contributed by atoms with van der Waals surface area (Å²) in [6.07, 6.45) is 0.758. The zero-order chi connectivity index (χ0) is 18.9. The van der Waals surface area contributed by atoms with Gasteiger partial charge >= 0.3 is 6.09 Å². The topological polar surface area (TPSA) is 110 Å². The monoisotopic (exact) mass is 361 g/mol. The van der Waals surface area contributed by atoms with Crippen LogP contribution in [0.25, 0.3) is 0 Å². The highest BCUT2D eigenvalue weighted by molar-refractivity contribution is 5.93. The Labute approximate surface area is 151 Å². The molecule has 1 aromatic carbocycles. The normalized spacial score (nSPS) is 18.8. The standard InChI is InChI=1S/C18H23N3O5/c1-18(5-8-20(9-6-18)17(24)25)16(23)21-7-4-12-10-13(15(22)19-26)2-3-14(12)11-21/h2-3,10,26H,4-9,11H2,1H3,(H,19,22)(H,24,25). The molecule has 2 heterocycles. The summed E-state index contributed by atoms with van der Waals surface area (Å²) in [6.45, 7) is 3.71. The molecule has 8 heteroatoms.